The van der Waals surface area contributed by atoms with Crippen molar-refractivity contribution in [1.29, 1.82) is 0 Å². The molecule has 0 saturated heterocycles. The van der Waals surface area contributed by atoms with Gasteiger partial charge in [0.25, 0.3) is 0 Å². The van der Waals surface area contributed by atoms with Crippen LogP contribution in [0.4, 0.5) is 0 Å². The van der Waals surface area contributed by atoms with Crippen LogP contribution in [0.1, 0.15) is 44.9 Å². The molecule has 0 bridgehead atoms. The van der Waals surface area contributed by atoms with Gasteiger partial charge in [0.1, 0.15) is 0 Å². The van der Waals surface area contributed by atoms with E-state index < -0.39 is 0 Å². The van der Waals surface area contributed by atoms with Crippen LogP contribution in [0.25, 0.3) is 0 Å². The van der Waals surface area contributed by atoms with Crippen molar-refractivity contribution in [3.63, 3.8) is 0 Å². The summed E-state index contributed by atoms with van der Waals surface area (Å²) in [6.45, 7) is 3.70. The molecule has 0 aromatic rings. The minimum atomic E-state index is -0.0690. The normalized spacial score (nSPS) is 19.5. The van der Waals surface area contributed by atoms with Crippen LogP contribution in [0.5, 0.6) is 0 Å². The molecule has 1 rings (SSSR count). The first-order chi connectivity index (χ1) is 7.27. The summed E-state index contributed by atoms with van der Waals surface area (Å²) in [5.74, 6) is 0.693. The first-order valence-corrected chi connectivity index (χ1v) is 5.96. The van der Waals surface area contributed by atoms with Crippen molar-refractivity contribution in [3.05, 3.63) is 12.7 Å². The molecule has 1 saturated carbocycles. The van der Waals surface area contributed by atoms with E-state index in [-0.39, 0.29) is 11.9 Å². The third-order valence-corrected chi connectivity index (χ3v) is 3.33. The van der Waals surface area contributed by atoms with E-state index in [2.05, 4.69) is 6.58 Å². The summed E-state index contributed by atoms with van der Waals surface area (Å²) in [6, 6.07) is 0. The molecular formula is C13H22O2. The fourth-order valence-corrected chi connectivity index (χ4v) is 2.48. The zero-order chi connectivity index (χ0) is 11.1. The lowest BCUT2D eigenvalue weighted by atomic mass is 9.82. The molecule has 0 heterocycles. The molecule has 2 nitrogen and oxygen atoms in total. The van der Waals surface area contributed by atoms with Crippen molar-refractivity contribution in [2.45, 2.75) is 44.9 Å². The molecule has 1 aliphatic carbocycles. The summed E-state index contributed by atoms with van der Waals surface area (Å²) in [7, 11) is 1.47. The number of rotatable bonds is 5. The minimum absolute atomic E-state index is 0.0376. The van der Waals surface area contributed by atoms with Gasteiger partial charge in [0.15, 0.2) is 0 Å². The molecule has 0 N–H and O–H groups in total. The van der Waals surface area contributed by atoms with Crippen LogP contribution in [0.3, 0.4) is 0 Å². The van der Waals surface area contributed by atoms with Crippen LogP contribution in [0, 0.1) is 11.8 Å². The van der Waals surface area contributed by atoms with Crippen LogP contribution < -0.4 is 0 Å². The molecule has 86 valence electrons. The maximum atomic E-state index is 11.5. The zero-order valence-corrected chi connectivity index (χ0v) is 9.71. The van der Waals surface area contributed by atoms with E-state index in [1.54, 1.807) is 0 Å². The average molecular weight is 210 g/mol. The van der Waals surface area contributed by atoms with E-state index in [9.17, 15) is 4.79 Å². The van der Waals surface area contributed by atoms with Gasteiger partial charge in [-0.3, -0.25) is 4.79 Å². The number of carbonyl (C=O) groups is 1. The topological polar surface area (TPSA) is 26.3 Å². The van der Waals surface area contributed by atoms with Crippen LogP contribution in [-0.4, -0.2) is 13.1 Å². The summed E-state index contributed by atoms with van der Waals surface area (Å²) in [4.78, 5) is 11.5. The Bertz CT molecular complexity index is 205. The van der Waals surface area contributed by atoms with Crippen molar-refractivity contribution < 1.29 is 9.53 Å². The zero-order valence-electron chi connectivity index (χ0n) is 9.71. The molecule has 0 aromatic carbocycles. The van der Waals surface area contributed by atoms with Crippen molar-refractivity contribution in [3.8, 4) is 0 Å². The lowest BCUT2D eigenvalue weighted by Crippen LogP contribution is -2.20. The van der Waals surface area contributed by atoms with E-state index in [1.165, 1.54) is 39.2 Å². The molecule has 1 fully saturated rings. The predicted octanol–water partition coefficient (Wildman–Crippen LogP) is 3.32. The van der Waals surface area contributed by atoms with Crippen molar-refractivity contribution in [1.82, 2.24) is 0 Å². The molecule has 0 radical (unpaired) electrons. The van der Waals surface area contributed by atoms with Gasteiger partial charge in [-0.05, 0) is 18.8 Å². The van der Waals surface area contributed by atoms with Gasteiger partial charge >= 0.3 is 5.97 Å². The number of hydrogen-bond acceptors (Lipinski definition) is 2. The summed E-state index contributed by atoms with van der Waals surface area (Å²) >= 11 is 0. The number of hydrogen-bond donors (Lipinski definition) is 0. The molecule has 0 aliphatic heterocycles. The Morgan fingerprint density at radius 1 is 1.47 bits per heavy atom. The SMILES string of the molecule is C=CCC(CC1CCCCC1)C(=O)OC. The number of allylic oxidation sites excluding steroid dienone is 1. The highest BCUT2D eigenvalue weighted by Crippen LogP contribution is 2.30. The van der Waals surface area contributed by atoms with E-state index in [0.717, 1.165) is 18.8 Å². The van der Waals surface area contributed by atoms with Crippen LogP contribution in [0.15, 0.2) is 12.7 Å². The summed E-state index contributed by atoms with van der Waals surface area (Å²) in [5.41, 5.74) is 0. The summed E-state index contributed by atoms with van der Waals surface area (Å²) in [6.07, 6.45) is 10.1. The highest BCUT2D eigenvalue weighted by Gasteiger charge is 2.23. The smallest absolute Gasteiger partial charge is 0.308 e. The number of esters is 1. The maximum absolute atomic E-state index is 11.5. The Morgan fingerprint density at radius 2 is 2.13 bits per heavy atom. The summed E-state index contributed by atoms with van der Waals surface area (Å²) < 4.78 is 4.82. The molecule has 2 heteroatoms. The van der Waals surface area contributed by atoms with Crippen LogP contribution in [0.2, 0.25) is 0 Å². The fraction of sp³-hybridized carbons (Fsp3) is 0.769. The minimum Gasteiger partial charge on any atom is -0.469 e. The predicted molar refractivity (Wildman–Crippen MR) is 61.5 cm³/mol. The highest BCUT2D eigenvalue weighted by molar-refractivity contribution is 5.72. The second-order valence-corrected chi connectivity index (χ2v) is 4.48. The standard InChI is InChI=1S/C13H22O2/c1-3-7-12(13(14)15-2)10-11-8-5-4-6-9-11/h3,11-12H,1,4-10H2,2H3. The van der Waals surface area contributed by atoms with Crippen LogP contribution in [-0.2, 0) is 9.53 Å². The number of ether oxygens (including phenoxy) is 1. The molecular weight excluding hydrogens is 188 g/mol. The Labute approximate surface area is 92.7 Å². The Kier molecular flexibility index (Phi) is 5.44. The van der Waals surface area contributed by atoms with Gasteiger partial charge in [-0.25, -0.2) is 0 Å². The van der Waals surface area contributed by atoms with Crippen molar-refractivity contribution in [2.75, 3.05) is 7.11 Å². The Balaban J connectivity index is 2.41. The highest BCUT2D eigenvalue weighted by atomic mass is 16.5. The first-order valence-electron chi connectivity index (χ1n) is 5.96. The van der Waals surface area contributed by atoms with Crippen LogP contribution >= 0.6 is 0 Å². The second-order valence-electron chi connectivity index (χ2n) is 4.48. The van der Waals surface area contributed by atoms with Gasteiger partial charge in [0.2, 0.25) is 0 Å². The van der Waals surface area contributed by atoms with Gasteiger partial charge < -0.3 is 4.74 Å². The molecule has 15 heavy (non-hydrogen) atoms. The largest absolute Gasteiger partial charge is 0.469 e. The van der Waals surface area contributed by atoms with Gasteiger partial charge in [-0.15, -0.1) is 6.58 Å². The third kappa shape index (κ3) is 4.06. The van der Waals surface area contributed by atoms with E-state index >= 15 is 0 Å². The third-order valence-electron chi connectivity index (χ3n) is 3.33. The number of methoxy groups -OCH3 is 1. The Morgan fingerprint density at radius 3 is 2.67 bits per heavy atom. The molecule has 1 aliphatic rings. The average Bonchev–Trinajstić information content (AvgIpc) is 2.29. The van der Waals surface area contributed by atoms with E-state index in [4.69, 9.17) is 4.74 Å². The first kappa shape index (κ1) is 12.3. The van der Waals surface area contributed by atoms with E-state index in [1.807, 2.05) is 6.08 Å². The van der Waals surface area contributed by atoms with Gasteiger partial charge in [0.05, 0.1) is 13.0 Å². The molecule has 1 unspecified atom stereocenters. The van der Waals surface area contributed by atoms with E-state index in [0.29, 0.717) is 0 Å². The maximum Gasteiger partial charge on any atom is 0.308 e. The monoisotopic (exact) mass is 210 g/mol. The molecule has 0 aromatic heterocycles. The fourth-order valence-electron chi connectivity index (χ4n) is 2.48. The quantitative estimate of drug-likeness (QED) is 0.514. The lowest BCUT2D eigenvalue weighted by molar-refractivity contribution is -0.146. The van der Waals surface area contributed by atoms with Gasteiger partial charge in [-0.1, -0.05) is 38.2 Å². The molecule has 1 atom stereocenters. The molecule has 0 amide bonds. The van der Waals surface area contributed by atoms with Gasteiger partial charge in [-0.2, -0.15) is 0 Å². The molecule has 0 spiro atoms. The lowest BCUT2D eigenvalue weighted by Gasteiger charge is -2.24. The summed E-state index contributed by atoms with van der Waals surface area (Å²) in [5, 5.41) is 0. The van der Waals surface area contributed by atoms with Crippen molar-refractivity contribution in [2.24, 2.45) is 11.8 Å². The second kappa shape index (κ2) is 6.65. The number of carbonyl (C=O) groups excluding carboxylic acids is 1. The van der Waals surface area contributed by atoms with Crippen molar-refractivity contribution >= 4 is 5.97 Å². The Hall–Kier alpha value is -0.790. The van der Waals surface area contributed by atoms with Gasteiger partial charge in [0, 0.05) is 0 Å².